The van der Waals surface area contributed by atoms with Gasteiger partial charge in [-0.05, 0) is 29.8 Å². The van der Waals surface area contributed by atoms with Gasteiger partial charge in [0, 0.05) is 22.7 Å². The molecule has 0 aliphatic heterocycles. The Morgan fingerprint density at radius 2 is 1.80 bits per heavy atom. The molecule has 1 aromatic heterocycles. The number of rotatable bonds is 2. The highest BCUT2D eigenvalue weighted by molar-refractivity contribution is 7.13. The predicted molar refractivity (Wildman–Crippen MR) is 77.7 cm³/mol. The minimum Gasteiger partial charge on any atom is -0.245 e. The first-order chi connectivity index (χ1) is 9.78. The molecule has 4 heteroatoms. The van der Waals surface area contributed by atoms with Gasteiger partial charge < -0.3 is 0 Å². The van der Waals surface area contributed by atoms with Gasteiger partial charge in [0.15, 0.2) is 0 Å². The van der Waals surface area contributed by atoms with E-state index in [1.54, 1.807) is 35.7 Å². The van der Waals surface area contributed by atoms with Crippen LogP contribution in [0, 0.1) is 17.1 Å². The maximum atomic E-state index is 13.0. The van der Waals surface area contributed by atoms with E-state index in [1.807, 2.05) is 17.5 Å². The van der Waals surface area contributed by atoms with Crippen LogP contribution < -0.4 is 0 Å². The maximum Gasteiger partial charge on any atom is 0.123 e. The van der Waals surface area contributed by atoms with Gasteiger partial charge in [0.1, 0.15) is 10.8 Å². The summed E-state index contributed by atoms with van der Waals surface area (Å²) < 4.78 is 13.0. The molecule has 0 fully saturated rings. The molecule has 0 radical (unpaired) electrons. The molecule has 2 nitrogen and oxygen atoms in total. The maximum absolute atomic E-state index is 13.0. The Morgan fingerprint density at radius 3 is 2.45 bits per heavy atom. The van der Waals surface area contributed by atoms with Gasteiger partial charge in [-0.2, -0.15) is 5.26 Å². The highest BCUT2D eigenvalue weighted by atomic mass is 32.1. The molecule has 0 N–H and O–H groups in total. The van der Waals surface area contributed by atoms with E-state index in [1.165, 1.54) is 12.1 Å². The van der Waals surface area contributed by atoms with Crippen LogP contribution in [0.25, 0.3) is 21.7 Å². The topological polar surface area (TPSA) is 36.7 Å². The number of nitriles is 1. The highest BCUT2D eigenvalue weighted by Gasteiger charge is 2.09. The summed E-state index contributed by atoms with van der Waals surface area (Å²) in [5.74, 6) is -0.289. The third-order valence-electron chi connectivity index (χ3n) is 2.97. The summed E-state index contributed by atoms with van der Waals surface area (Å²) in [6.45, 7) is 0. The van der Waals surface area contributed by atoms with Crippen LogP contribution in [-0.2, 0) is 0 Å². The fourth-order valence-corrected chi connectivity index (χ4v) is 2.64. The Bertz CT molecular complexity index is 771. The van der Waals surface area contributed by atoms with Gasteiger partial charge in [0.2, 0.25) is 0 Å². The second kappa shape index (κ2) is 5.24. The molecule has 0 saturated heterocycles. The van der Waals surface area contributed by atoms with Gasteiger partial charge in [-0.3, -0.25) is 0 Å². The lowest BCUT2D eigenvalue weighted by atomic mass is 9.98. The second-order valence-electron chi connectivity index (χ2n) is 4.22. The molecule has 1 heterocycles. The van der Waals surface area contributed by atoms with Crippen LogP contribution in [0.4, 0.5) is 4.39 Å². The summed E-state index contributed by atoms with van der Waals surface area (Å²) in [6, 6.07) is 13.9. The SMILES string of the molecule is N#Cc1ccc(-c2nccs2)cc1-c1ccc(F)cc1. The zero-order chi connectivity index (χ0) is 13.9. The standard InChI is InChI=1S/C16H9FN2S/c17-14-5-3-11(4-6-14)15-9-12(1-2-13(15)10-18)16-19-7-8-20-16/h1-9H. The number of hydrogen-bond donors (Lipinski definition) is 0. The van der Waals surface area contributed by atoms with Crippen molar-refractivity contribution in [2.75, 3.05) is 0 Å². The second-order valence-corrected chi connectivity index (χ2v) is 5.11. The number of benzene rings is 2. The lowest BCUT2D eigenvalue weighted by Gasteiger charge is -2.06. The Balaban J connectivity index is 2.15. The van der Waals surface area contributed by atoms with Crippen LogP contribution >= 0.6 is 11.3 Å². The minimum absolute atomic E-state index is 0.289. The van der Waals surface area contributed by atoms with Crippen LogP contribution in [0.15, 0.2) is 54.0 Å². The first kappa shape index (κ1) is 12.5. The van der Waals surface area contributed by atoms with Crippen molar-refractivity contribution >= 4 is 11.3 Å². The molecule has 0 aliphatic rings. The summed E-state index contributed by atoms with van der Waals surface area (Å²) in [4.78, 5) is 4.27. The molecule has 0 amide bonds. The van der Waals surface area contributed by atoms with E-state index in [0.717, 1.165) is 21.7 Å². The van der Waals surface area contributed by atoms with Crippen molar-refractivity contribution in [3.63, 3.8) is 0 Å². The van der Waals surface area contributed by atoms with Gasteiger partial charge in [-0.15, -0.1) is 11.3 Å². The summed E-state index contributed by atoms with van der Waals surface area (Å²) in [5.41, 5.74) is 3.14. The van der Waals surface area contributed by atoms with Gasteiger partial charge in [-0.1, -0.05) is 18.2 Å². The molecule has 0 saturated carbocycles. The first-order valence-corrected chi connectivity index (χ1v) is 6.86. The zero-order valence-corrected chi connectivity index (χ0v) is 11.2. The van der Waals surface area contributed by atoms with Crippen molar-refractivity contribution in [1.82, 2.24) is 4.98 Å². The molecule has 2 aromatic carbocycles. The molecular weight excluding hydrogens is 271 g/mol. The molecule has 3 rings (SSSR count). The number of halogens is 1. The largest absolute Gasteiger partial charge is 0.245 e. The van der Waals surface area contributed by atoms with E-state index in [2.05, 4.69) is 11.1 Å². The molecule has 0 atom stereocenters. The molecule has 0 unspecified atom stereocenters. The van der Waals surface area contributed by atoms with Crippen molar-refractivity contribution in [1.29, 1.82) is 5.26 Å². The Labute approximate surface area is 119 Å². The molecule has 96 valence electrons. The third-order valence-corrected chi connectivity index (χ3v) is 3.80. The molecule has 0 aliphatic carbocycles. The monoisotopic (exact) mass is 280 g/mol. The Kier molecular flexibility index (Phi) is 3.28. The van der Waals surface area contributed by atoms with E-state index in [-0.39, 0.29) is 5.82 Å². The van der Waals surface area contributed by atoms with E-state index in [0.29, 0.717) is 5.56 Å². The average Bonchev–Trinajstić information content (AvgIpc) is 3.02. The highest BCUT2D eigenvalue weighted by Crippen LogP contribution is 2.30. The van der Waals surface area contributed by atoms with Crippen LogP contribution in [-0.4, -0.2) is 4.98 Å². The fourth-order valence-electron chi connectivity index (χ4n) is 2.01. The normalized spacial score (nSPS) is 10.2. The number of aromatic nitrogens is 1. The van der Waals surface area contributed by atoms with Crippen LogP contribution in [0.5, 0.6) is 0 Å². The fraction of sp³-hybridized carbons (Fsp3) is 0. The van der Waals surface area contributed by atoms with Crippen LogP contribution in [0.3, 0.4) is 0 Å². The van der Waals surface area contributed by atoms with E-state index < -0.39 is 0 Å². The molecule has 20 heavy (non-hydrogen) atoms. The average molecular weight is 280 g/mol. The van der Waals surface area contributed by atoms with Gasteiger partial charge in [0.05, 0.1) is 11.6 Å². The van der Waals surface area contributed by atoms with Crippen LogP contribution in [0.1, 0.15) is 5.56 Å². The molecule has 3 aromatic rings. The lowest BCUT2D eigenvalue weighted by Crippen LogP contribution is -1.87. The summed E-state index contributed by atoms with van der Waals surface area (Å²) >= 11 is 1.54. The summed E-state index contributed by atoms with van der Waals surface area (Å²) in [6.07, 6.45) is 1.75. The number of nitrogens with zero attached hydrogens (tertiary/aromatic N) is 2. The number of thiazole rings is 1. The van der Waals surface area contributed by atoms with Crippen molar-refractivity contribution in [3.8, 4) is 27.8 Å². The van der Waals surface area contributed by atoms with Crippen molar-refractivity contribution in [2.45, 2.75) is 0 Å². The van der Waals surface area contributed by atoms with Crippen LogP contribution in [0.2, 0.25) is 0 Å². The van der Waals surface area contributed by atoms with E-state index in [4.69, 9.17) is 0 Å². The van der Waals surface area contributed by atoms with E-state index in [9.17, 15) is 9.65 Å². The van der Waals surface area contributed by atoms with E-state index >= 15 is 0 Å². The van der Waals surface area contributed by atoms with Crippen molar-refractivity contribution in [2.24, 2.45) is 0 Å². The summed E-state index contributed by atoms with van der Waals surface area (Å²) in [5, 5.41) is 12.0. The Morgan fingerprint density at radius 1 is 1.05 bits per heavy atom. The van der Waals surface area contributed by atoms with Gasteiger partial charge in [-0.25, -0.2) is 9.37 Å². The lowest BCUT2D eigenvalue weighted by molar-refractivity contribution is 0.628. The number of hydrogen-bond acceptors (Lipinski definition) is 3. The minimum atomic E-state index is -0.289. The predicted octanol–water partition coefficient (Wildman–Crippen LogP) is 4.49. The van der Waals surface area contributed by atoms with Gasteiger partial charge in [0.25, 0.3) is 0 Å². The summed E-state index contributed by atoms with van der Waals surface area (Å²) in [7, 11) is 0. The zero-order valence-electron chi connectivity index (χ0n) is 10.4. The molecular formula is C16H9FN2S. The van der Waals surface area contributed by atoms with Gasteiger partial charge >= 0.3 is 0 Å². The smallest absolute Gasteiger partial charge is 0.123 e. The quantitative estimate of drug-likeness (QED) is 0.693. The first-order valence-electron chi connectivity index (χ1n) is 5.98. The van der Waals surface area contributed by atoms with Crippen molar-refractivity contribution < 1.29 is 4.39 Å². The molecule has 0 bridgehead atoms. The van der Waals surface area contributed by atoms with Crippen molar-refractivity contribution in [3.05, 3.63) is 65.4 Å². The third kappa shape index (κ3) is 2.31. The Hall–Kier alpha value is -2.51. The molecule has 0 spiro atoms.